The van der Waals surface area contributed by atoms with Crippen LogP contribution in [-0.4, -0.2) is 10.5 Å². The van der Waals surface area contributed by atoms with Gasteiger partial charge in [0.05, 0.1) is 6.04 Å². The number of para-hydroxylation sites is 1. The largest absolute Gasteiger partial charge is 0.378 e. The Hall–Kier alpha value is -3.53. The first-order valence-corrected chi connectivity index (χ1v) is 12.9. The predicted molar refractivity (Wildman–Crippen MR) is 146 cm³/mol. The van der Waals surface area contributed by atoms with E-state index in [1.807, 2.05) is 6.07 Å². The Morgan fingerprint density at radius 3 is 2.71 bits per heavy atom. The van der Waals surface area contributed by atoms with E-state index in [1.165, 1.54) is 38.6 Å². The van der Waals surface area contributed by atoms with E-state index in [0.717, 1.165) is 18.7 Å². The number of amides is 1. The molecule has 35 heavy (non-hydrogen) atoms. The van der Waals surface area contributed by atoms with Gasteiger partial charge in [0.15, 0.2) is 0 Å². The van der Waals surface area contributed by atoms with Crippen LogP contribution in [0.5, 0.6) is 0 Å². The van der Waals surface area contributed by atoms with Crippen molar-refractivity contribution >= 4 is 39.1 Å². The van der Waals surface area contributed by atoms with Crippen LogP contribution in [0.3, 0.4) is 0 Å². The number of hydrogen-bond donors (Lipinski definition) is 2. The van der Waals surface area contributed by atoms with Gasteiger partial charge in [-0.3, -0.25) is 4.79 Å². The summed E-state index contributed by atoms with van der Waals surface area (Å²) >= 11 is 0. The van der Waals surface area contributed by atoms with Gasteiger partial charge in [-0.25, -0.2) is 0 Å². The van der Waals surface area contributed by atoms with Crippen LogP contribution >= 0.6 is 0 Å². The quantitative estimate of drug-likeness (QED) is 0.299. The first-order valence-electron chi connectivity index (χ1n) is 12.9. The van der Waals surface area contributed by atoms with Crippen LogP contribution in [0, 0.1) is 11.8 Å². The van der Waals surface area contributed by atoms with Gasteiger partial charge in [-0.15, -0.1) is 0 Å². The zero-order chi connectivity index (χ0) is 24.1. The Morgan fingerprint density at radius 2 is 1.89 bits per heavy atom. The van der Waals surface area contributed by atoms with Crippen molar-refractivity contribution in [2.24, 2.45) is 11.8 Å². The summed E-state index contributed by atoms with van der Waals surface area (Å²) in [5, 5.41) is 9.63. The lowest BCUT2D eigenvalue weighted by Gasteiger charge is -2.38. The van der Waals surface area contributed by atoms with Crippen LogP contribution in [0.15, 0.2) is 72.8 Å². The van der Waals surface area contributed by atoms with E-state index in [9.17, 15) is 4.79 Å². The van der Waals surface area contributed by atoms with E-state index in [2.05, 4.69) is 103 Å². The molecule has 1 aliphatic heterocycles. The van der Waals surface area contributed by atoms with Crippen LogP contribution in [0.1, 0.15) is 56.7 Å². The molecule has 4 aromatic rings. The van der Waals surface area contributed by atoms with Gasteiger partial charge in [0.2, 0.25) is 5.91 Å². The summed E-state index contributed by atoms with van der Waals surface area (Å²) < 4.78 is 2.41. The number of hydrogen-bond acceptors (Lipinski definition) is 2. The van der Waals surface area contributed by atoms with E-state index in [1.54, 1.807) is 0 Å². The summed E-state index contributed by atoms with van der Waals surface area (Å²) in [6.07, 6.45) is 6.28. The van der Waals surface area contributed by atoms with Gasteiger partial charge in [0.1, 0.15) is 0 Å². The molecule has 0 radical (unpaired) electrons. The van der Waals surface area contributed by atoms with E-state index in [-0.39, 0.29) is 11.9 Å². The second-order valence-corrected chi connectivity index (χ2v) is 10.5. The van der Waals surface area contributed by atoms with Crippen LogP contribution in [0.25, 0.3) is 21.8 Å². The van der Waals surface area contributed by atoms with E-state index in [0.29, 0.717) is 24.2 Å². The number of rotatable bonds is 5. The summed E-state index contributed by atoms with van der Waals surface area (Å²) in [5.41, 5.74) is 7.29. The molecular formula is C31H33N3O. The molecule has 1 amide bonds. The lowest BCUT2D eigenvalue weighted by molar-refractivity contribution is -0.116. The molecule has 2 heterocycles. The van der Waals surface area contributed by atoms with Crippen LogP contribution in [-0.2, 0) is 11.3 Å². The third-order valence-electron chi connectivity index (χ3n) is 7.71. The van der Waals surface area contributed by atoms with E-state index in [4.69, 9.17) is 0 Å². The van der Waals surface area contributed by atoms with E-state index < -0.39 is 0 Å². The fourth-order valence-electron chi connectivity index (χ4n) is 6.19. The minimum absolute atomic E-state index is 0.0830. The molecule has 3 unspecified atom stereocenters. The maximum atomic E-state index is 12.3. The SMILES string of the molecule is CCn1c2ccccc2c2cc(C3Nc4ccc(NC(=O)CC(C)C)cc4C4C=CCC43)ccc21. The monoisotopic (exact) mass is 463 g/mol. The van der Waals surface area contributed by atoms with Gasteiger partial charge < -0.3 is 15.2 Å². The molecule has 0 saturated carbocycles. The first-order chi connectivity index (χ1) is 17.0. The number of carbonyl (C=O) groups excluding carboxylic acids is 1. The Kier molecular flexibility index (Phi) is 5.40. The van der Waals surface area contributed by atoms with Gasteiger partial charge in [-0.05, 0) is 72.7 Å². The average Bonchev–Trinajstić information content (AvgIpc) is 3.46. The van der Waals surface area contributed by atoms with Crippen molar-refractivity contribution in [2.45, 2.75) is 52.1 Å². The molecule has 0 spiro atoms. The molecule has 2 N–H and O–H groups in total. The molecule has 0 fully saturated rings. The van der Waals surface area contributed by atoms with Crippen LogP contribution in [0.4, 0.5) is 11.4 Å². The summed E-state index contributed by atoms with van der Waals surface area (Å²) in [4.78, 5) is 12.3. The van der Waals surface area contributed by atoms with E-state index >= 15 is 0 Å². The highest BCUT2D eigenvalue weighted by molar-refractivity contribution is 6.08. The molecule has 2 aliphatic rings. The second-order valence-electron chi connectivity index (χ2n) is 10.5. The molecule has 1 aromatic heterocycles. The molecule has 0 saturated heterocycles. The van der Waals surface area contributed by atoms with Crippen LogP contribution < -0.4 is 10.6 Å². The second kappa shape index (κ2) is 8.60. The Bertz CT molecular complexity index is 1460. The number of aryl methyl sites for hydroxylation is 1. The number of benzene rings is 3. The lowest BCUT2D eigenvalue weighted by atomic mass is 9.76. The van der Waals surface area contributed by atoms with Gasteiger partial charge in [-0.1, -0.05) is 50.3 Å². The average molecular weight is 464 g/mol. The number of aromatic nitrogens is 1. The smallest absolute Gasteiger partial charge is 0.224 e. The number of nitrogens with one attached hydrogen (secondary N) is 2. The van der Waals surface area contributed by atoms with Crippen molar-refractivity contribution in [3.63, 3.8) is 0 Å². The third kappa shape index (κ3) is 3.72. The number of nitrogens with zero attached hydrogens (tertiary/aromatic N) is 1. The summed E-state index contributed by atoms with van der Waals surface area (Å²) in [7, 11) is 0. The fraction of sp³-hybridized carbons (Fsp3) is 0.323. The van der Waals surface area contributed by atoms with Crippen molar-refractivity contribution in [3.05, 3.63) is 83.9 Å². The molecular weight excluding hydrogens is 430 g/mol. The Labute approximate surface area is 207 Å². The molecule has 0 bridgehead atoms. The molecule has 4 nitrogen and oxygen atoms in total. The predicted octanol–water partition coefficient (Wildman–Crippen LogP) is 7.63. The normalized spacial score (nSPS) is 20.7. The van der Waals surface area contributed by atoms with Crippen molar-refractivity contribution < 1.29 is 4.79 Å². The summed E-state index contributed by atoms with van der Waals surface area (Å²) in [6, 6.07) is 22.3. The van der Waals surface area contributed by atoms with Crippen molar-refractivity contribution in [1.29, 1.82) is 0 Å². The number of carbonyl (C=O) groups is 1. The topological polar surface area (TPSA) is 46.1 Å². The van der Waals surface area contributed by atoms with Crippen molar-refractivity contribution in [1.82, 2.24) is 4.57 Å². The number of fused-ring (bicyclic) bond motifs is 6. The highest BCUT2D eigenvalue weighted by atomic mass is 16.1. The maximum absolute atomic E-state index is 12.3. The lowest BCUT2D eigenvalue weighted by Crippen LogP contribution is -2.29. The standard InChI is InChI=1S/C31H33N3O/c1-4-34-28-11-6-5-8-23(28)26-17-20(12-15-29(26)34)31-24-10-7-9-22(24)25-18-21(13-14-27(25)33-31)32-30(35)16-19(2)3/h5-9,11-15,17-19,22,24,31,33H,4,10,16H2,1-3H3,(H,32,35). The van der Waals surface area contributed by atoms with Crippen molar-refractivity contribution in [2.75, 3.05) is 10.6 Å². The minimum atomic E-state index is 0.0830. The zero-order valence-electron chi connectivity index (χ0n) is 20.7. The van der Waals surface area contributed by atoms with Gasteiger partial charge in [0, 0.05) is 52.1 Å². The summed E-state index contributed by atoms with van der Waals surface area (Å²) in [5.74, 6) is 1.24. The molecule has 3 aromatic carbocycles. The number of anilines is 2. The molecule has 4 heteroatoms. The molecule has 1 aliphatic carbocycles. The van der Waals surface area contributed by atoms with Crippen molar-refractivity contribution in [3.8, 4) is 0 Å². The van der Waals surface area contributed by atoms with Gasteiger partial charge >= 0.3 is 0 Å². The fourth-order valence-corrected chi connectivity index (χ4v) is 6.19. The minimum Gasteiger partial charge on any atom is -0.378 e. The summed E-state index contributed by atoms with van der Waals surface area (Å²) in [6.45, 7) is 7.32. The molecule has 178 valence electrons. The molecule has 3 atom stereocenters. The van der Waals surface area contributed by atoms with Gasteiger partial charge in [-0.2, -0.15) is 0 Å². The highest BCUT2D eigenvalue weighted by Gasteiger charge is 2.38. The molecule has 6 rings (SSSR count). The first kappa shape index (κ1) is 22.0. The number of allylic oxidation sites excluding steroid dienone is 2. The van der Waals surface area contributed by atoms with Crippen LogP contribution in [0.2, 0.25) is 0 Å². The Balaban J connectivity index is 1.37. The Morgan fingerprint density at radius 1 is 1.06 bits per heavy atom. The highest BCUT2D eigenvalue weighted by Crippen LogP contribution is 2.50. The zero-order valence-corrected chi connectivity index (χ0v) is 20.7. The third-order valence-corrected chi connectivity index (χ3v) is 7.71. The maximum Gasteiger partial charge on any atom is 0.224 e. The van der Waals surface area contributed by atoms with Gasteiger partial charge in [0.25, 0.3) is 0 Å².